The molecule has 0 bridgehead atoms. The molecule has 0 radical (unpaired) electrons. The molecule has 5 nitrogen and oxygen atoms in total. The number of hydrogen-bond acceptors (Lipinski definition) is 4. The van der Waals surface area contributed by atoms with Crippen LogP contribution in [0.25, 0.3) is 0 Å². The van der Waals surface area contributed by atoms with Gasteiger partial charge in [0.1, 0.15) is 6.04 Å². The molecule has 0 saturated heterocycles. The summed E-state index contributed by atoms with van der Waals surface area (Å²) >= 11 is 0. The molecule has 0 aliphatic carbocycles. The Morgan fingerprint density at radius 1 is 1.47 bits per heavy atom. The molecule has 1 aromatic rings. The minimum Gasteiger partial charge on any atom is -0.464 e. The van der Waals surface area contributed by atoms with Gasteiger partial charge in [0, 0.05) is 13.3 Å². The standard InChI is InChI=1S/C14H16N2O3/c1-3-19-14(18)13(16-10(2)17)8-11-5-4-6-12(7-11)9-15/h4-7,13H,3,8H2,1-2H3,(H,16,17)/t13-/m1/s1. The van der Waals surface area contributed by atoms with Gasteiger partial charge in [-0.3, -0.25) is 4.79 Å². The summed E-state index contributed by atoms with van der Waals surface area (Å²) in [7, 11) is 0. The SMILES string of the molecule is CCOC(=O)[C@@H](Cc1cccc(C#N)c1)NC(C)=O. The van der Waals surface area contributed by atoms with Crippen LogP contribution in [0.2, 0.25) is 0 Å². The Morgan fingerprint density at radius 2 is 2.21 bits per heavy atom. The summed E-state index contributed by atoms with van der Waals surface area (Å²) in [6.07, 6.45) is 0.300. The molecule has 0 saturated carbocycles. The van der Waals surface area contributed by atoms with Crippen LogP contribution < -0.4 is 5.32 Å². The van der Waals surface area contributed by atoms with Gasteiger partial charge >= 0.3 is 5.97 Å². The molecule has 1 N–H and O–H groups in total. The van der Waals surface area contributed by atoms with Crippen molar-refractivity contribution in [3.63, 3.8) is 0 Å². The van der Waals surface area contributed by atoms with Crippen molar-refractivity contribution in [2.75, 3.05) is 6.61 Å². The van der Waals surface area contributed by atoms with Crippen molar-refractivity contribution in [1.29, 1.82) is 5.26 Å². The molecule has 19 heavy (non-hydrogen) atoms. The van der Waals surface area contributed by atoms with Crippen LogP contribution in [0, 0.1) is 11.3 Å². The number of hydrogen-bond donors (Lipinski definition) is 1. The third-order valence-electron chi connectivity index (χ3n) is 2.44. The first-order chi connectivity index (χ1) is 9.06. The summed E-state index contributed by atoms with van der Waals surface area (Å²) in [5, 5.41) is 11.4. The van der Waals surface area contributed by atoms with Gasteiger partial charge in [-0.1, -0.05) is 12.1 Å². The second-order valence-corrected chi connectivity index (χ2v) is 4.02. The predicted octanol–water partition coefficient (Wildman–Crippen LogP) is 1.17. The Kier molecular flexibility index (Phi) is 5.55. The second-order valence-electron chi connectivity index (χ2n) is 4.02. The molecule has 0 aliphatic heterocycles. The van der Waals surface area contributed by atoms with Gasteiger partial charge in [0.05, 0.1) is 18.2 Å². The monoisotopic (exact) mass is 260 g/mol. The van der Waals surface area contributed by atoms with Crippen LogP contribution in [-0.2, 0) is 20.7 Å². The lowest BCUT2D eigenvalue weighted by atomic mass is 10.0. The smallest absolute Gasteiger partial charge is 0.328 e. The van der Waals surface area contributed by atoms with E-state index >= 15 is 0 Å². The second kappa shape index (κ2) is 7.17. The maximum atomic E-state index is 11.7. The Labute approximate surface area is 112 Å². The Balaban J connectivity index is 2.84. The number of carbonyl (C=O) groups is 2. The van der Waals surface area contributed by atoms with Crippen LogP contribution in [0.5, 0.6) is 0 Å². The van der Waals surface area contributed by atoms with Crippen LogP contribution in [0.3, 0.4) is 0 Å². The molecule has 100 valence electrons. The number of benzene rings is 1. The van der Waals surface area contributed by atoms with Crippen molar-refractivity contribution < 1.29 is 14.3 Å². The molecule has 0 spiro atoms. The van der Waals surface area contributed by atoms with E-state index in [1.807, 2.05) is 6.07 Å². The van der Waals surface area contributed by atoms with Gasteiger partial charge in [-0.25, -0.2) is 4.79 Å². The molecule has 0 fully saturated rings. The van der Waals surface area contributed by atoms with Gasteiger partial charge in [-0.15, -0.1) is 0 Å². The average molecular weight is 260 g/mol. The first kappa shape index (κ1) is 14.7. The number of esters is 1. The predicted molar refractivity (Wildman–Crippen MR) is 69.1 cm³/mol. The largest absolute Gasteiger partial charge is 0.464 e. The van der Waals surface area contributed by atoms with Crippen molar-refractivity contribution in [3.8, 4) is 6.07 Å². The van der Waals surface area contributed by atoms with E-state index in [4.69, 9.17) is 10.00 Å². The number of nitriles is 1. The minimum atomic E-state index is -0.730. The van der Waals surface area contributed by atoms with Crippen molar-refractivity contribution in [1.82, 2.24) is 5.32 Å². The van der Waals surface area contributed by atoms with Crippen molar-refractivity contribution in [2.45, 2.75) is 26.3 Å². The van der Waals surface area contributed by atoms with Crippen molar-refractivity contribution >= 4 is 11.9 Å². The molecule has 0 heterocycles. The molecular weight excluding hydrogens is 244 g/mol. The number of nitrogens with one attached hydrogen (secondary N) is 1. The van der Waals surface area contributed by atoms with Crippen LogP contribution in [0.1, 0.15) is 25.0 Å². The molecule has 5 heteroatoms. The third kappa shape index (κ3) is 4.80. The fraction of sp³-hybridized carbons (Fsp3) is 0.357. The fourth-order valence-corrected chi connectivity index (χ4v) is 1.69. The Bertz CT molecular complexity index is 506. The van der Waals surface area contributed by atoms with E-state index in [0.717, 1.165) is 5.56 Å². The van der Waals surface area contributed by atoms with Gasteiger partial charge in [0.25, 0.3) is 0 Å². The summed E-state index contributed by atoms with van der Waals surface area (Å²) in [4.78, 5) is 22.8. The van der Waals surface area contributed by atoms with Crippen LogP contribution in [0.15, 0.2) is 24.3 Å². The molecule has 1 amide bonds. The number of ether oxygens (including phenoxy) is 1. The molecule has 1 rings (SSSR count). The third-order valence-corrected chi connectivity index (χ3v) is 2.44. The van der Waals surface area contributed by atoms with Gasteiger partial charge in [0.2, 0.25) is 5.91 Å². The van der Waals surface area contributed by atoms with E-state index in [2.05, 4.69) is 5.32 Å². The van der Waals surface area contributed by atoms with Crippen LogP contribution >= 0.6 is 0 Å². The van der Waals surface area contributed by atoms with Gasteiger partial charge in [-0.05, 0) is 24.6 Å². The van der Waals surface area contributed by atoms with Crippen LogP contribution in [-0.4, -0.2) is 24.5 Å². The molecule has 0 aliphatic rings. The highest BCUT2D eigenvalue weighted by molar-refractivity contribution is 5.83. The fourth-order valence-electron chi connectivity index (χ4n) is 1.69. The summed E-state index contributed by atoms with van der Waals surface area (Å²) in [6.45, 7) is 3.31. The molecular formula is C14H16N2O3. The highest BCUT2D eigenvalue weighted by Gasteiger charge is 2.21. The van der Waals surface area contributed by atoms with E-state index in [9.17, 15) is 9.59 Å². The Morgan fingerprint density at radius 3 is 2.79 bits per heavy atom. The first-order valence-corrected chi connectivity index (χ1v) is 5.99. The molecule has 1 atom stereocenters. The number of amides is 1. The van der Waals surface area contributed by atoms with E-state index in [-0.39, 0.29) is 12.5 Å². The minimum absolute atomic E-state index is 0.257. The highest BCUT2D eigenvalue weighted by Crippen LogP contribution is 2.08. The topological polar surface area (TPSA) is 79.2 Å². The Hall–Kier alpha value is -2.35. The summed E-state index contributed by atoms with van der Waals surface area (Å²) in [6, 6.07) is 8.21. The van der Waals surface area contributed by atoms with Crippen molar-refractivity contribution in [3.05, 3.63) is 35.4 Å². The lowest BCUT2D eigenvalue weighted by molar-refractivity contribution is -0.147. The van der Waals surface area contributed by atoms with E-state index < -0.39 is 12.0 Å². The van der Waals surface area contributed by atoms with Crippen molar-refractivity contribution in [2.24, 2.45) is 0 Å². The summed E-state index contributed by atoms with van der Waals surface area (Å²) in [5.74, 6) is -0.769. The average Bonchev–Trinajstić information content (AvgIpc) is 2.38. The van der Waals surface area contributed by atoms with Crippen LogP contribution in [0.4, 0.5) is 0 Å². The molecule has 0 unspecified atom stereocenters. The maximum absolute atomic E-state index is 11.7. The zero-order chi connectivity index (χ0) is 14.3. The first-order valence-electron chi connectivity index (χ1n) is 5.99. The molecule has 1 aromatic carbocycles. The van der Waals surface area contributed by atoms with Gasteiger partial charge < -0.3 is 10.1 Å². The maximum Gasteiger partial charge on any atom is 0.328 e. The zero-order valence-electron chi connectivity index (χ0n) is 11.0. The number of rotatable bonds is 5. The van der Waals surface area contributed by atoms with Gasteiger partial charge in [0.15, 0.2) is 0 Å². The van der Waals surface area contributed by atoms with Gasteiger partial charge in [-0.2, -0.15) is 5.26 Å². The molecule has 0 aromatic heterocycles. The lowest BCUT2D eigenvalue weighted by Crippen LogP contribution is -2.42. The van der Waals surface area contributed by atoms with E-state index in [1.54, 1.807) is 31.2 Å². The number of carbonyl (C=O) groups excluding carboxylic acids is 2. The number of nitrogens with zero attached hydrogens (tertiary/aromatic N) is 1. The quantitative estimate of drug-likeness (QED) is 0.806. The normalized spacial score (nSPS) is 11.2. The van der Waals surface area contributed by atoms with E-state index in [1.165, 1.54) is 6.92 Å². The summed E-state index contributed by atoms with van der Waals surface area (Å²) in [5.41, 5.74) is 1.31. The van der Waals surface area contributed by atoms with E-state index in [0.29, 0.717) is 12.0 Å². The summed E-state index contributed by atoms with van der Waals surface area (Å²) < 4.78 is 4.92. The lowest BCUT2D eigenvalue weighted by Gasteiger charge is -2.16. The zero-order valence-corrected chi connectivity index (χ0v) is 11.0. The highest BCUT2D eigenvalue weighted by atomic mass is 16.5.